The van der Waals surface area contributed by atoms with Crippen molar-refractivity contribution in [3.05, 3.63) is 59.7 Å². The number of carboxylic acids is 1. The topological polar surface area (TPSA) is 192 Å². The lowest BCUT2D eigenvalue weighted by Crippen LogP contribution is -2.47. The fraction of sp³-hybridized carbons (Fsp3) is 0.238. The van der Waals surface area contributed by atoms with Gasteiger partial charge in [0.05, 0.1) is 23.9 Å². The molecule has 34 heavy (non-hydrogen) atoms. The molecule has 0 heterocycles. The highest BCUT2D eigenvalue weighted by atomic mass is 32.2. The first-order valence-corrected chi connectivity index (χ1v) is 11.5. The van der Waals surface area contributed by atoms with Gasteiger partial charge in [0.1, 0.15) is 6.34 Å². The van der Waals surface area contributed by atoms with Crippen molar-refractivity contribution < 1.29 is 27.9 Å². The number of carboxylic acid groups (broad SMARTS) is 1. The highest BCUT2D eigenvalue weighted by Gasteiger charge is 2.21. The van der Waals surface area contributed by atoms with E-state index in [0.29, 0.717) is 5.69 Å². The van der Waals surface area contributed by atoms with Gasteiger partial charge in [-0.25, -0.2) is 13.1 Å². The average Bonchev–Trinajstić information content (AvgIpc) is 2.80. The Morgan fingerprint density at radius 3 is 2.50 bits per heavy atom. The molecule has 0 aliphatic carbocycles. The van der Waals surface area contributed by atoms with Gasteiger partial charge in [0, 0.05) is 17.8 Å². The molecule has 13 heteroatoms. The van der Waals surface area contributed by atoms with Crippen molar-refractivity contribution in [3.8, 4) is 0 Å². The van der Waals surface area contributed by atoms with Gasteiger partial charge < -0.3 is 26.9 Å². The van der Waals surface area contributed by atoms with Crippen LogP contribution in [-0.4, -0.2) is 56.8 Å². The lowest BCUT2D eigenvalue weighted by atomic mass is 10.2. The zero-order valence-electron chi connectivity index (χ0n) is 18.3. The van der Waals surface area contributed by atoms with Crippen LogP contribution in [0.5, 0.6) is 0 Å². The van der Waals surface area contributed by atoms with E-state index >= 15 is 0 Å². The summed E-state index contributed by atoms with van der Waals surface area (Å²) in [6, 6.07) is 11.4. The molecule has 0 radical (unpaired) electrons. The van der Waals surface area contributed by atoms with Crippen LogP contribution in [0.2, 0.25) is 0 Å². The number of amides is 2. The Morgan fingerprint density at radius 1 is 1.15 bits per heavy atom. The number of benzene rings is 2. The Kier molecular flexibility index (Phi) is 9.52. The van der Waals surface area contributed by atoms with E-state index in [2.05, 4.69) is 25.8 Å². The number of nitrogens with one attached hydrogen (secondary N) is 4. The first-order chi connectivity index (χ1) is 16.1. The number of hydrogen-bond donors (Lipinski definition) is 6. The Bertz CT molecular complexity index is 1150. The molecule has 7 N–H and O–H groups in total. The Morgan fingerprint density at radius 2 is 1.85 bits per heavy atom. The molecular formula is C21H26N6O6S. The summed E-state index contributed by atoms with van der Waals surface area (Å²) in [4.78, 5) is 35.8. The SMILES string of the molecule is Cc1ccc(S(=O)(=O)NCC(CC(=O)O)NC(=O)CNC(=O)c2cccc(NC=NN)c2)cc1. The second kappa shape index (κ2) is 12.3. The fourth-order valence-corrected chi connectivity index (χ4v) is 3.88. The molecule has 182 valence electrons. The molecule has 0 saturated heterocycles. The summed E-state index contributed by atoms with van der Waals surface area (Å²) in [6.45, 7) is 1.02. The summed E-state index contributed by atoms with van der Waals surface area (Å²) < 4.78 is 27.2. The molecule has 1 unspecified atom stereocenters. The smallest absolute Gasteiger partial charge is 0.305 e. The van der Waals surface area contributed by atoms with Crippen molar-refractivity contribution in [2.45, 2.75) is 24.3 Å². The lowest BCUT2D eigenvalue weighted by Gasteiger charge is -2.18. The Hall–Kier alpha value is -3.97. The second-order valence-electron chi connectivity index (χ2n) is 7.21. The summed E-state index contributed by atoms with van der Waals surface area (Å²) in [7, 11) is -3.90. The van der Waals surface area contributed by atoms with Crippen LogP contribution in [0.1, 0.15) is 22.3 Å². The quantitative estimate of drug-likeness (QED) is 0.103. The summed E-state index contributed by atoms with van der Waals surface area (Å²) >= 11 is 0. The molecule has 2 rings (SSSR count). The van der Waals surface area contributed by atoms with Crippen molar-refractivity contribution in [1.82, 2.24) is 15.4 Å². The second-order valence-corrected chi connectivity index (χ2v) is 8.98. The number of hydrogen-bond acceptors (Lipinski definition) is 7. The van der Waals surface area contributed by atoms with E-state index in [0.717, 1.165) is 5.56 Å². The van der Waals surface area contributed by atoms with Gasteiger partial charge in [0.15, 0.2) is 0 Å². The Labute approximate surface area is 196 Å². The van der Waals surface area contributed by atoms with Crippen molar-refractivity contribution in [1.29, 1.82) is 0 Å². The van der Waals surface area contributed by atoms with Crippen LogP contribution < -0.4 is 26.5 Å². The van der Waals surface area contributed by atoms with Crippen LogP contribution in [0, 0.1) is 6.92 Å². The van der Waals surface area contributed by atoms with Crippen LogP contribution in [0.25, 0.3) is 0 Å². The molecule has 0 bridgehead atoms. The van der Waals surface area contributed by atoms with E-state index in [1.807, 2.05) is 6.92 Å². The number of rotatable bonds is 12. The third-order valence-corrected chi connectivity index (χ3v) is 5.92. The number of sulfonamides is 1. The molecule has 0 saturated carbocycles. The lowest BCUT2D eigenvalue weighted by molar-refractivity contribution is -0.137. The molecule has 1 atom stereocenters. The maximum Gasteiger partial charge on any atom is 0.305 e. The highest BCUT2D eigenvalue weighted by Crippen LogP contribution is 2.11. The van der Waals surface area contributed by atoms with Crippen LogP contribution in [0.4, 0.5) is 5.69 Å². The standard InChI is InChI=1S/C21H26N6O6S/c1-14-5-7-18(8-6-14)34(32,33)26-11-17(10-20(29)30)27-19(28)12-23-21(31)15-3-2-4-16(9-15)24-13-25-22/h2-9,13,17,26H,10-12,22H2,1H3,(H,23,31)(H,24,25)(H,27,28)(H,29,30). The van der Waals surface area contributed by atoms with E-state index in [-0.39, 0.29) is 17.0 Å². The van der Waals surface area contributed by atoms with Crippen LogP contribution in [0.15, 0.2) is 58.5 Å². The number of carbonyl (C=O) groups is 3. The molecule has 0 aliphatic heterocycles. The summed E-state index contributed by atoms with van der Waals surface area (Å²) in [5.41, 5.74) is 1.69. The number of aliphatic carboxylic acids is 1. The predicted molar refractivity (Wildman–Crippen MR) is 126 cm³/mol. The molecule has 0 aromatic heterocycles. The van der Waals surface area contributed by atoms with E-state index < -0.39 is 46.8 Å². The molecular weight excluding hydrogens is 464 g/mol. The van der Waals surface area contributed by atoms with Gasteiger partial charge in [-0.1, -0.05) is 23.8 Å². The van der Waals surface area contributed by atoms with Crippen molar-refractivity contribution in [3.63, 3.8) is 0 Å². The normalized spacial score (nSPS) is 12.1. The van der Waals surface area contributed by atoms with Crippen molar-refractivity contribution >= 4 is 39.8 Å². The molecule has 12 nitrogen and oxygen atoms in total. The third-order valence-electron chi connectivity index (χ3n) is 4.48. The number of aryl methyl sites for hydroxylation is 1. The number of nitrogens with two attached hydrogens (primary N) is 1. The summed E-state index contributed by atoms with van der Waals surface area (Å²) in [6.07, 6.45) is 0.715. The van der Waals surface area contributed by atoms with Crippen molar-refractivity contribution in [2.24, 2.45) is 10.9 Å². The minimum absolute atomic E-state index is 0.0141. The third kappa shape index (κ3) is 8.52. The predicted octanol–water partition coefficient (Wildman–Crippen LogP) is -0.0233. The summed E-state index contributed by atoms with van der Waals surface area (Å²) in [5.74, 6) is 2.56. The highest BCUT2D eigenvalue weighted by molar-refractivity contribution is 7.89. The van der Waals surface area contributed by atoms with Gasteiger partial charge in [-0.2, -0.15) is 5.10 Å². The monoisotopic (exact) mass is 490 g/mol. The van der Waals surface area contributed by atoms with Crippen molar-refractivity contribution in [2.75, 3.05) is 18.4 Å². The number of hydrazone groups is 1. The fourth-order valence-electron chi connectivity index (χ4n) is 2.80. The first-order valence-electron chi connectivity index (χ1n) is 10.0. The summed E-state index contributed by atoms with van der Waals surface area (Å²) in [5, 5.41) is 20.0. The van der Waals surface area contributed by atoms with Crippen LogP contribution in [0.3, 0.4) is 0 Å². The van der Waals surface area contributed by atoms with Gasteiger partial charge in [0.25, 0.3) is 5.91 Å². The van der Waals surface area contributed by atoms with Crippen LogP contribution >= 0.6 is 0 Å². The van der Waals surface area contributed by atoms with Crippen LogP contribution in [-0.2, 0) is 19.6 Å². The number of anilines is 1. The molecule has 0 aliphatic rings. The van der Waals surface area contributed by atoms with E-state index in [4.69, 9.17) is 10.9 Å². The molecule has 0 spiro atoms. The number of nitrogens with zero attached hydrogens (tertiary/aromatic N) is 1. The minimum Gasteiger partial charge on any atom is -0.481 e. The largest absolute Gasteiger partial charge is 0.481 e. The molecule has 2 amide bonds. The van der Waals surface area contributed by atoms with E-state index in [1.54, 1.807) is 24.3 Å². The van der Waals surface area contributed by atoms with E-state index in [1.165, 1.54) is 30.6 Å². The first kappa shape index (κ1) is 26.3. The molecule has 2 aromatic carbocycles. The number of carbonyl (C=O) groups excluding carboxylic acids is 2. The maximum atomic E-state index is 12.4. The van der Waals surface area contributed by atoms with Gasteiger partial charge in [-0.3, -0.25) is 14.4 Å². The van der Waals surface area contributed by atoms with Gasteiger partial charge in [-0.15, -0.1) is 0 Å². The molecule has 0 fully saturated rings. The van der Waals surface area contributed by atoms with Gasteiger partial charge >= 0.3 is 5.97 Å². The zero-order valence-corrected chi connectivity index (χ0v) is 19.1. The molecule has 2 aromatic rings. The van der Waals surface area contributed by atoms with E-state index in [9.17, 15) is 22.8 Å². The maximum absolute atomic E-state index is 12.4. The Balaban J connectivity index is 1.94. The average molecular weight is 491 g/mol. The zero-order chi connectivity index (χ0) is 25.1. The minimum atomic E-state index is -3.90. The van der Waals surface area contributed by atoms with Gasteiger partial charge in [0.2, 0.25) is 15.9 Å². The van der Waals surface area contributed by atoms with Gasteiger partial charge in [-0.05, 0) is 37.3 Å².